The van der Waals surface area contributed by atoms with Gasteiger partial charge in [-0.2, -0.15) is 16.8 Å². The zero-order valence-corrected chi connectivity index (χ0v) is 24.9. The average Bonchev–Trinajstić information content (AvgIpc) is 3.17. The third kappa shape index (κ3) is 6.74. The minimum absolute atomic E-state index is 0.0305. The molecule has 226 valence electrons. The third-order valence-electron chi connectivity index (χ3n) is 11.0. The first-order chi connectivity index (χ1) is 18.1. The zero-order valence-electron chi connectivity index (χ0n) is 23.2. The molecule has 12 heteroatoms. The van der Waals surface area contributed by atoms with Gasteiger partial charge in [-0.1, -0.05) is 38.8 Å². The van der Waals surface area contributed by atoms with Crippen molar-refractivity contribution in [1.29, 1.82) is 0 Å². The van der Waals surface area contributed by atoms with E-state index in [2.05, 4.69) is 19.9 Å². The van der Waals surface area contributed by atoms with Gasteiger partial charge in [0.2, 0.25) is 0 Å². The van der Waals surface area contributed by atoms with E-state index < -0.39 is 33.0 Å². The van der Waals surface area contributed by atoms with Crippen molar-refractivity contribution >= 4 is 20.8 Å². The van der Waals surface area contributed by atoms with Crippen molar-refractivity contribution in [3.05, 3.63) is 11.6 Å². The SMILES string of the molecule is C[C@H](CO)CCC[C@@H](COS(=O)(=O)O)[C@H]1CCC2C3CC=C4C[C@H](O)[C@@H](OS(=O)(=O)O)C[C@]4(C)C3CC[C@@]21C. The Morgan fingerprint density at radius 3 is 2.41 bits per heavy atom. The lowest BCUT2D eigenvalue weighted by atomic mass is 9.46. The third-order valence-corrected chi connectivity index (χ3v) is 11.9. The first kappa shape index (κ1) is 31.3. The molecule has 0 amide bonds. The predicted molar refractivity (Wildman–Crippen MR) is 144 cm³/mol. The van der Waals surface area contributed by atoms with Gasteiger partial charge < -0.3 is 10.2 Å². The van der Waals surface area contributed by atoms with Crippen LogP contribution in [0.15, 0.2) is 11.6 Å². The first-order valence-electron chi connectivity index (χ1n) is 14.3. The zero-order chi connectivity index (χ0) is 28.8. The molecule has 4 aliphatic rings. The van der Waals surface area contributed by atoms with Gasteiger partial charge in [-0.25, -0.2) is 8.37 Å². The Labute approximate surface area is 233 Å². The van der Waals surface area contributed by atoms with Crippen molar-refractivity contribution in [3.63, 3.8) is 0 Å². The lowest BCUT2D eigenvalue weighted by molar-refractivity contribution is -0.0854. The molecular formula is C27H46O10S2. The fourth-order valence-electron chi connectivity index (χ4n) is 9.13. The van der Waals surface area contributed by atoms with Crippen molar-refractivity contribution in [2.45, 2.75) is 97.2 Å². The Bertz CT molecular complexity index is 1120. The molecule has 0 heterocycles. The lowest BCUT2D eigenvalue weighted by Crippen LogP contribution is -2.54. The molecule has 4 aliphatic carbocycles. The summed E-state index contributed by atoms with van der Waals surface area (Å²) in [5, 5.41) is 20.0. The predicted octanol–water partition coefficient (Wildman–Crippen LogP) is 3.96. The number of fused-ring (bicyclic) bond motifs is 5. The molecule has 0 aromatic rings. The molecule has 4 N–H and O–H groups in total. The molecule has 0 radical (unpaired) electrons. The van der Waals surface area contributed by atoms with E-state index in [-0.39, 0.29) is 47.7 Å². The molecule has 39 heavy (non-hydrogen) atoms. The highest BCUT2D eigenvalue weighted by molar-refractivity contribution is 7.81. The monoisotopic (exact) mass is 594 g/mol. The highest BCUT2D eigenvalue weighted by Crippen LogP contribution is 2.67. The quantitative estimate of drug-likeness (QED) is 0.203. The molecule has 0 bridgehead atoms. The van der Waals surface area contributed by atoms with Crippen LogP contribution in [-0.4, -0.2) is 61.6 Å². The molecule has 4 rings (SSSR count). The Kier molecular flexibility index (Phi) is 9.31. The maximum atomic E-state index is 11.5. The van der Waals surface area contributed by atoms with Crippen molar-refractivity contribution in [1.82, 2.24) is 0 Å². The summed E-state index contributed by atoms with van der Waals surface area (Å²) in [5.74, 6) is 1.41. The van der Waals surface area contributed by atoms with Crippen LogP contribution in [0.25, 0.3) is 0 Å². The summed E-state index contributed by atoms with van der Waals surface area (Å²) in [7, 11) is -9.24. The van der Waals surface area contributed by atoms with Crippen LogP contribution in [0.5, 0.6) is 0 Å². The summed E-state index contributed by atoms with van der Waals surface area (Å²) < 4.78 is 74.2. The van der Waals surface area contributed by atoms with Crippen molar-refractivity contribution < 1.29 is 44.5 Å². The van der Waals surface area contributed by atoms with Gasteiger partial charge in [-0.05, 0) is 104 Å². The van der Waals surface area contributed by atoms with E-state index in [0.29, 0.717) is 24.7 Å². The van der Waals surface area contributed by atoms with E-state index in [4.69, 9.17) is 8.37 Å². The van der Waals surface area contributed by atoms with Gasteiger partial charge in [-0.15, -0.1) is 0 Å². The Balaban J connectivity index is 1.54. The van der Waals surface area contributed by atoms with Gasteiger partial charge in [0.05, 0.1) is 12.7 Å². The van der Waals surface area contributed by atoms with Gasteiger partial charge in [0.1, 0.15) is 6.10 Å². The Hall–Kier alpha value is -0.600. The topological polar surface area (TPSA) is 168 Å². The van der Waals surface area contributed by atoms with E-state index in [9.17, 15) is 36.2 Å². The van der Waals surface area contributed by atoms with Crippen LogP contribution >= 0.6 is 0 Å². The van der Waals surface area contributed by atoms with Crippen molar-refractivity contribution in [3.8, 4) is 0 Å². The van der Waals surface area contributed by atoms with Crippen LogP contribution in [0.4, 0.5) is 0 Å². The van der Waals surface area contributed by atoms with Gasteiger partial charge >= 0.3 is 20.8 Å². The van der Waals surface area contributed by atoms with Crippen LogP contribution in [0.3, 0.4) is 0 Å². The van der Waals surface area contributed by atoms with Crippen molar-refractivity contribution in [2.75, 3.05) is 13.2 Å². The van der Waals surface area contributed by atoms with Crippen LogP contribution in [0.1, 0.15) is 85.0 Å². The van der Waals surface area contributed by atoms with E-state index in [1.165, 1.54) is 0 Å². The first-order valence-corrected chi connectivity index (χ1v) is 17.1. The molecule has 0 spiro atoms. The fraction of sp³-hybridized carbons (Fsp3) is 0.926. The molecule has 0 saturated heterocycles. The van der Waals surface area contributed by atoms with E-state index in [1.54, 1.807) is 0 Å². The lowest BCUT2D eigenvalue weighted by Gasteiger charge is -2.59. The Morgan fingerprint density at radius 2 is 1.77 bits per heavy atom. The van der Waals surface area contributed by atoms with E-state index in [1.807, 2.05) is 6.92 Å². The normalized spacial score (nSPS) is 40.2. The number of aliphatic hydroxyl groups excluding tert-OH is 2. The smallest absolute Gasteiger partial charge is 0.396 e. The summed E-state index contributed by atoms with van der Waals surface area (Å²) in [6.45, 7) is 6.50. The maximum absolute atomic E-state index is 11.5. The molecule has 3 saturated carbocycles. The Morgan fingerprint density at radius 1 is 1.05 bits per heavy atom. The molecule has 0 aliphatic heterocycles. The molecular weight excluding hydrogens is 548 g/mol. The van der Waals surface area contributed by atoms with Crippen molar-refractivity contribution in [2.24, 2.45) is 46.3 Å². The fourth-order valence-corrected chi connectivity index (χ4v) is 9.99. The minimum atomic E-state index is -4.69. The summed E-state index contributed by atoms with van der Waals surface area (Å²) in [4.78, 5) is 0. The molecule has 10 atom stereocenters. The van der Waals surface area contributed by atoms with Gasteiger partial charge in [0.15, 0.2) is 0 Å². The molecule has 0 aromatic carbocycles. The van der Waals surface area contributed by atoms with Crippen LogP contribution in [-0.2, 0) is 29.2 Å². The maximum Gasteiger partial charge on any atom is 0.397 e. The number of hydrogen-bond donors (Lipinski definition) is 4. The summed E-state index contributed by atoms with van der Waals surface area (Å²) in [6.07, 6.45) is 8.01. The van der Waals surface area contributed by atoms with Gasteiger partial charge in [0.25, 0.3) is 0 Å². The number of aliphatic hydroxyl groups is 2. The number of allylic oxidation sites excluding steroid dienone is 1. The molecule has 0 aromatic heterocycles. The van der Waals surface area contributed by atoms with Gasteiger partial charge in [-0.3, -0.25) is 9.11 Å². The minimum Gasteiger partial charge on any atom is -0.396 e. The van der Waals surface area contributed by atoms with Crippen LogP contribution in [0, 0.1) is 46.3 Å². The van der Waals surface area contributed by atoms with Crippen LogP contribution < -0.4 is 0 Å². The van der Waals surface area contributed by atoms with Gasteiger partial charge in [0, 0.05) is 6.61 Å². The molecule has 10 nitrogen and oxygen atoms in total. The second kappa shape index (κ2) is 11.6. The standard InChI is InChI=1S/C27H46O10S2/c1-17(15-28)5-4-6-18(16-36-38(30,31)32)21-9-10-22-20-8-7-19-13-24(29)25(37-39(33,34)35)14-27(19,3)23(20)11-12-26(21,22)2/h7,17-18,20-25,28-29H,4-6,8-16H2,1-3H3,(H,30,31,32)(H,33,34,35)/t17-,18-,20?,21+,22?,23?,24-,25-,26+,27-/m0/s1. The molecule has 3 unspecified atom stereocenters. The van der Waals surface area contributed by atoms with E-state index >= 15 is 0 Å². The van der Waals surface area contributed by atoms with Crippen LogP contribution in [0.2, 0.25) is 0 Å². The summed E-state index contributed by atoms with van der Waals surface area (Å²) in [5.41, 5.74) is 0.768. The average molecular weight is 595 g/mol. The summed E-state index contributed by atoms with van der Waals surface area (Å²) >= 11 is 0. The second-order valence-corrected chi connectivity index (χ2v) is 15.4. The number of rotatable bonds is 11. The number of hydrogen-bond acceptors (Lipinski definition) is 8. The largest absolute Gasteiger partial charge is 0.397 e. The molecule has 3 fully saturated rings. The second-order valence-electron chi connectivity index (χ2n) is 13.2. The highest BCUT2D eigenvalue weighted by Gasteiger charge is 2.60. The van der Waals surface area contributed by atoms with E-state index in [0.717, 1.165) is 56.9 Å². The summed E-state index contributed by atoms with van der Waals surface area (Å²) in [6, 6.07) is 0. The highest BCUT2D eigenvalue weighted by atomic mass is 32.3.